The fraction of sp³-hybridized carbons (Fsp3) is 0.571. The summed E-state index contributed by atoms with van der Waals surface area (Å²) in [6.07, 6.45) is 8.29. The summed E-state index contributed by atoms with van der Waals surface area (Å²) in [4.78, 5) is 29.3. The molecular weight excluding hydrogens is 372 g/mol. The van der Waals surface area contributed by atoms with E-state index >= 15 is 0 Å². The van der Waals surface area contributed by atoms with E-state index in [-0.39, 0.29) is 11.8 Å². The maximum absolute atomic E-state index is 12.9. The van der Waals surface area contributed by atoms with Crippen LogP contribution in [0.1, 0.15) is 63.6 Å². The summed E-state index contributed by atoms with van der Waals surface area (Å²) in [6, 6.07) is 2.10. The Balaban J connectivity index is 1.49. The third-order valence-corrected chi connectivity index (χ3v) is 6.61. The van der Waals surface area contributed by atoms with Crippen LogP contribution in [0.4, 0.5) is 0 Å². The van der Waals surface area contributed by atoms with Crippen LogP contribution in [0.5, 0.6) is 0 Å². The average Bonchev–Trinajstić information content (AvgIpc) is 3.32. The van der Waals surface area contributed by atoms with Gasteiger partial charge >= 0.3 is 0 Å². The molecule has 152 valence electrons. The molecule has 0 bridgehead atoms. The lowest BCUT2D eigenvalue weighted by molar-refractivity contribution is 0.0689. The highest BCUT2D eigenvalue weighted by molar-refractivity contribution is 7.14. The molecule has 0 radical (unpaired) electrons. The zero-order valence-corrected chi connectivity index (χ0v) is 17.8. The quantitative estimate of drug-likeness (QED) is 0.773. The molecule has 0 saturated carbocycles. The van der Waals surface area contributed by atoms with E-state index in [2.05, 4.69) is 30.3 Å². The molecule has 28 heavy (non-hydrogen) atoms. The van der Waals surface area contributed by atoms with Crippen LogP contribution in [0.2, 0.25) is 0 Å². The number of aromatic nitrogens is 2. The Morgan fingerprint density at radius 1 is 1.29 bits per heavy atom. The van der Waals surface area contributed by atoms with Gasteiger partial charge in [0.15, 0.2) is 0 Å². The predicted molar refractivity (Wildman–Crippen MR) is 112 cm³/mol. The monoisotopic (exact) mass is 402 g/mol. The average molecular weight is 403 g/mol. The van der Waals surface area contributed by atoms with E-state index in [0.29, 0.717) is 18.0 Å². The van der Waals surface area contributed by atoms with Gasteiger partial charge in [0.05, 0.1) is 16.6 Å². The lowest BCUT2D eigenvalue weighted by Crippen LogP contribution is -2.41. The van der Waals surface area contributed by atoms with Gasteiger partial charge < -0.3 is 10.2 Å². The summed E-state index contributed by atoms with van der Waals surface area (Å²) in [7, 11) is 1.80. The van der Waals surface area contributed by atoms with Crippen molar-refractivity contribution in [2.75, 3.05) is 19.6 Å². The molecule has 1 N–H and O–H groups in total. The second-order valence-electron chi connectivity index (χ2n) is 7.51. The van der Waals surface area contributed by atoms with Gasteiger partial charge in [0.25, 0.3) is 11.8 Å². The Morgan fingerprint density at radius 3 is 2.64 bits per heavy atom. The second-order valence-corrected chi connectivity index (χ2v) is 8.65. The van der Waals surface area contributed by atoms with Crippen LogP contribution < -0.4 is 5.32 Å². The molecule has 7 heteroatoms. The number of likely N-dealkylation sites (tertiary alicyclic amines) is 1. The number of aryl methyl sites for hydroxylation is 3. The van der Waals surface area contributed by atoms with Crippen molar-refractivity contribution in [3.63, 3.8) is 0 Å². The molecule has 0 unspecified atom stereocenters. The van der Waals surface area contributed by atoms with Gasteiger partial charge in [-0.25, -0.2) is 0 Å². The van der Waals surface area contributed by atoms with E-state index in [1.54, 1.807) is 35.5 Å². The minimum Gasteiger partial charge on any atom is -0.352 e. The first-order chi connectivity index (χ1) is 13.5. The lowest BCUT2D eigenvalue weighted by Gasteiger charge is -2.31. The fourth-order valence-corrected chi connectivity index (χ4v) is 5.01. The van der Waals surface area contributed by atoms with Gasteiger partial charge in [0.1, 0.15) is 0 Å². The van der Waals surface area contributed by atoms with Crippen molar-refractivity contribution in [1.29, 1.82) is 0 Å². The summed E-state index contributed by atoms with van der Waals surface area (Å²) >= 11 is 1.67. The van der Waals surface area contributed by atoms with Gasteiger partial charge in [0.2, 0.25) is 0 Å². The topological polar surface area (TPSA) is 67.2 Å². The van der Waals surface area contributed by atoms with E-state index in [1.807, 2.05) is 4.90 Å². The number of rotatable bonds is 7. The number of amides is 2. The van der Waals surface area contributed by atoms with Crippen molar-refractivity contribution in [1.82, 2.24) is 20.0 Å². The molecule has 3 rings (SSSR count). The first kappa shape index (κ1) is 20.6. The van der Waals surface area contributed by atoms with Crippen LogP contribution in [0.25, 0.3) is 0 Å². The summed E-state index contributed by atoms with van der Waals surface area (Å²) in [5.74, 6) is 0.496. The highest BCUT2D eigenvalue weighted by Gasteiger charge is 2.25. The molecule has 2 aromatic rings. The van der Waals surface area contributed by atoms with Crippen molar-refractivity contribution in [2.24, 2.45) is 13.0 Å². The van der Waals surface area contributed by atoms with Crippen LogP contribution in [0, 0.1) is 5.92 Å². The maximum atomic E-state index is 12.9. The summed E-state index contributed by atoms with van der Waals surface area (Å²) in [5.41, 5.74) is 1.91. The predicted octanol–water partition coefficient (Wildman–Crippen LogP) is 3.28. The number of carbonyl (C=O) groups is 2. The Kier molecular flexibility index (Phi) is 6.88. The standard InChI is InChI=1S/C21H30N4O2S/c1-4-6-18-16(5-2)11-19(28-18)21(27)25-9-7-15(8-10-25)12-22-20(26)17-13-23-24(3)14-17/h11,13-15H,4-10,12H2,1-3H3,(H,22,26). The highest BCUT2D eigenvalue weighted by atomic mass is 32.1. The van der Waals surface area contributed by atoms with Crippen molar-refractivity contribution < 1.29 is 9.59 Å². The Bertz CT molecular complexity index is 818. The Labute approximate surface area is 170 Å². The zero-order chi connectivity index (χ0) is 20.1. The van der Waals surface area contributed by atoms with Gasteiger partial charge in [-0.1, -0.05) is 20.3 Å². The minimum atomic E-state index is -0.0826. The van der Waals surface area contributed by atoms with Crippen LogP contribution in [0.3, 0.4) is 0 Å². The first-order valence-electron chi connectivity index (χ1n) is 10.2. The SMILES string of the molecule is CCCc1sc(C(=O)N2CCC(CNC(=O)c3cnn(C)c3)CC2)cc1CC. The van der Waals surface area contributed by atoms with E-state index in [0.717, 1.165) is 50.1 Å². The molecule has 0 atom stereocenters. The first-order valence-corrected chi connectivity index (χ1v) is 11.0. The number of nitrogens with one attached hydrogen (secondary N) is 1. The minimum absolute atomic E-state index is 0.0826. The van der Waals surface area contributed by atoms with Crippen molar-refractivity contribution in [3.05, 3.63) is 39.3 Å². The van der Waals surface area contributed by atoms with Crippen LogP contribution >= 0.6 is 11.3 Å². The smallest absolute Gasteiger partial charge is 0.263 e. The molecular formula is C21H30N4O2S. The van der Waals surface area contributed by atoms with Crippen molar-refractivity contribution >= 4 is 23.2 Å². The summed E-state index contributed by atoms with van der Waals surface area (Å²) in [6.45, 7) is 6.50. The summed E-state index contributed by atoms with van der Waals surface area (Å²) in [5, 5.41) is 7.03. The Morgan fingerprint density at radius 2 is 2.04 bits per heavy atom. The normalized spacial score (nSPS) is 15.0. The lowest BCUT2D eigenvalue weighted by atomic mass is 9.96. The molecule has 2 amide bonds. The van der Waals surface area contributed by atoms with Gasteiger partial charge in [0, 0.05) is 37.8 Å². The van der Waals surface area contributed by atoms with Crippen molar-refractivity contribution in [2.45, 2.75) is 46.0 Å². The molecule has 1 aliphatic rings. The molecule has 0 aliphatic carbocycles. The molecule has 1 saturated heterocycles. The number of thiophene rings is 1. The number of nitrogens with zero attached hydrogens (tertiary/aromatic N) is 3. The van der Waals surface area contributed by atoms with Gasteiger partial charge in [-0.05, 0) is 43.2 Å². The molecule has 6 nitrogen and oxygen atoms in total. The van der Waals surface area contributed by atoms with E-state index in [4.69, 9.17) is 0 Å². The van der Waals surface area contributed by atoms with Gasteiger partial charge in [-0.2, -0.15) is 5.10 Å². The molecule has 0 spiro atoms. The highest BCUT2D eigenvalue weighted by Crippen LogP contribution is 2.27. The number of hydrogen-bond acceptors (Lipinski definition) is 4. The third kappa shape index (κ3) is 4.82. The van der Waals surface area contributed by atoms with Gasteiger partial charge in [-0.3, -0.25) is 14.3 Å². The molecule has 3 heterocycles. The zero-order valence-electron chi connectivity index (χ0n) is 17.0. The van der Waals surface area contributed by atoms with E-state index < -0.39 is 0 Å². The molecule has 2 aromatic heterocycles. The second kappa shape index (κ2) is 9.37. The Hall–Kier alpha value is -2.15. The molecule has 1 fully saturated rings. The number of carbonyl (C=O) groups excluding carboxylic acids is 2. The maximum Gasteiger partial charge on any atom is 0.263 e. The van der Waals surface area contributed by atoms with E-state index in [1.165, 1.54) is 10.4 Å². The van der Waals surface area contributed by atoms with Crippen LogP contribution in [-0.4, -0.2) is 46.1 Å². The third-order valence-electron chi connectivity index (χ3n) is 5.39. The van der Waals surface area contributed by atoms with Gasteiger partial charge in [-0.15, -0.1) is 11.3 Å². The largest absolute Gasteiger partial charge is 0.352 e. The molecule has 1 aliphatic heterocycles. The fourth-order valence-electron chi connectivity index (χ4n) is 3.68. The summed E-state index contributed by atoms with van der Waals surface area (Å²) < 4.78 is 1.62. The molecule has 0 aromatic carbocycles. The number of piperidine rings is 1. The van der Waals surface area contributed by atoms with Crippen LogP contribution in [0.15, 0.2) is 18.5 Å². The van der Waals surface area contributed by atoms with Crippen LogP contribution in [-0.2, 0) is 19.9 Å². The van der Waals surface area contributed by atoms with E-state index in [9.17, 15) is 9.59 Å². The number of hydrogen-bond donors (Lipinski definition) is 1. The van der Waals surface area contributed by atoms with Crippen molar-refractivity contribution in [3.8, 4) is 0 Å².